The Bertz CT molecular complexity index is 593. The molecule has 1 heterocycles. The summed E-state index contributed by atoms with van der Waals surface area (Å²) in [4.78, 5) is 3.27. The summed E-state index contributed by atoms with van der Waals surface area (Å²) < 4.78 is 3.21. The lowest BCUT2D eigenvalue weighted by atomic mass is 10.2. The van der Waals surface area contributed by atoms with Crippen molar-refractivity contribution in [1.29, 1.82) is 0 Å². The van der Waals surface area contributed by atoms with E-state index in [-0.39, 0.29) is 4.75 Å². The van der Waals surface area contributed by atoms with Gasteiger partial charge in [-0.25, -0.2) is 0 Å². The van der Waals surface area contributed by atoms with E-state index in [1.165, 1.54) is 11.1 Å². The van der Waals surface area contributed by atoms with Gasteiger partial charge in [-0.3, -0.25) is 0 Å². The first-order chi connectivity index (χ1) is 7.93. The number of aromatic amines is 1. The molecule has 0 fully saturated rings. The molecule has 0 unspecified atom stereocenters. The monoisotopic (exact) mass is 266 g/mol. The Kier molecular flexibility index (Phi) is 3.36. The summed E-state index contributed by atoms with van der Waals surface area (Å²) >= 11 is 7.28. The normalized spacial score (nSPS) is 12.2. The summed E-state index contributed by atoms with van der Waals surface area (Å²) in [5, 5.41) is 0. The summed E-state index contributed by atoms with van der Waals surface area (Å²) in [5.41, 5.74) is 3.59. The molecule has 0 spiro atoms. The van der Waals surface area contributed by atoms with Crippen molar-refractivity contribution in [2.75, 3.05) is 6.26 Å². The van der Waals surface area contributed by atoms with Crippen LogP contribution in [0.25, 0.3) is 11.0 Å². The fourth-order valence-corrected chi connectivity index (χ4v) is 2.40. The van der Waals surface area contributed by atoms with Crippen molar-refractivity contribution >= 4 is 35.0 Å². The van der Waals surface area contributed by atoms with Gasteiger partial charge in [0.05, 0.1) is 11.0 Å². The zero-order valence-corrected chi connectivity index (χ0v) is 12.3. The molecule has 2 aromatic rings. The molecular weight excluding hydrogens is 248 g/mol. The molecule has 0 saturated heterocycles. The minimum absolute atomic E-state index is 0.192. The second kappa shape index (κ2) is 4.50. The van der Waals surface area contributed by atoms with Crippen molar-refractivity contribution in [3.63, 3.8) is 0 Å². The lowest BCUT2D eigenvalue weighted by molar-refractivity contribution is 0.574. The Morgan fingerprint density at radius 3 is 2.76 bits per heavy atom. The van der Waals surface area contributed by atoms with E-state index < -0.39 is 0 Å². The van der Waals surface area contributed by atoms with Crippen LogP contribution < -0.4 is 0 Å². The van der Waals surface area contributed by atoms with Gasteiger partial charge in [-0.05, 0) is 56.9 Å². The molecule has 0 saturated carbocycles. The van der Waals surface area contributed by atoms with E-state index in [2.05, 4.69) is 54.8 Å². The lowest BCUT2D eigenvalue weighted by Crippen LogP contribution is -2.22. The van der Waals surface area contributed by atoms with E-state index in [4.69, 9.17) is 12.2 Å². The number of aromatic nitrogens is 2. The van der Waals surface area contributed by atoms with Gasteiger partial charge in [0.1, 0.15) is 0 Å². The summed E-state index contributed by atoms with van der Waals surface area (Å²) in [6.07, 6.45) is 2.14. The maximum Gasteiger partial charge on any atom is 0.178 e. The van der Waals surface area contributed by atoms with Crippen LogP contribution in [0.5, 0.6) is 0 Å². The highest BCUT2D eigenvalue weighted by Gasteiger charge is 2.18. The van der Waals surface area contributed by atoms with Crippen LogP contribution in [0.4, 0.5) is 0 Å². The van der Waals surface area contributed by atoms with Crippen LogP contribution in [0.15, 0.2) is 18.2 Å². The predicted molar refractivity (Wildman–Crippen MR) is 79.5 cm³/mol. The van der Waals surface area contributed by atoms with Gasteiger partial charge < -0.3 is 9.55 Å². The van der Waals surface area contributed by atoms with E-state index in [0.717, 1.165) is 16.8 Å². The molecule has 2 rings (SSSR count). The largest absolute Gasteiger partial charge is 0.331 e. The molecular formula is C13H18N2S2. The number of nitrogens with zero attached hydrogens (tertiary/aromatic N) is 1. The van der Waals surface area contributed by atoms with Crippen LogP contribution >= 0.6 is 24.0 Å². The number of rotatable bonds is 3. The number of fused-ring (bicyclic) bond motifs is 1. The topological polar surface area (TPSA) is 20.7 Å². The number of nitrogens with one attached hydrogen (secondary N) is 1. The molecule has 1 aromatic heterocycles. The summed E-state index contributed by atoms with van der Waals surface area (Å²) in [6.45, 7) is 7.53. The Morgan fingerprint density at radius 1 is 1.41 bits per heavy atom. The van der Waals surface area contributed by atoms with Gasteiger partial charge in [-0.2, -0.15) is 11.8 Å². The quantitative estimate of drug-likeness (QED) is 0.842. The average Bonchev–Trinajstić information content (AvgIpc) is 2.56. The summed E-state index contributed by atoms with van der Waals surface area (Å²) in [6, 6.07) is 6.40. The minimum Gasteiger partial charge on any atom is -0.331 e. The van der Waals surface area contributed by atoms with Gasteiger partial charge in [0.25, 0.3) is 0 Å². The van der Waals surface area contributed by atoms with Crippen molar-refractivity contribution in [2.45, 2.75) is 32.1 Å². The number of thioether (sulfide) groups is 1. The molecule has 4 heteroatoms. The van der Waals surface area contributed by atoms with Crippen LogP contribution in [0.3, 0.4) is 0 Å². The molecule has 0 bridgehead atoms. The Morgan fingerprint density at radius 2 is 2.12 bits per heavy atom. The third-order valence-electron chi connectivity index (χ3n) is 3.02. The average molecular weight is 266 g/mol. The van der Waals surface area contributed by atoms with E-state index in [1.807, 2.05) is 11.8 Å². The lowest BCUT2D eigenvalue weighted by Gasteiger charge is -2.22. The Hall–Kier alpha value is -0.740. The smallest absolute Gasteiger partial charge is 0.178 e. The minimum atomic E-state index is 0.192. The van der Waals surface area contributed by atoms with E-state index in [1.54, 1.807) is 0 Å². The Labute approximate surface area is 111 Å². The zero-order valence-electron chi connectivity index (χ0n) is 10.7. The van der Waals surface area contributed by atoms with Crippen molar-refractivity contribution in [1.82, 2.24) is 9.55 Å². The van der Waals surface area contributed by atoms with Gasteiger partial charge in [0.2, 0.25) is 0 Å². The first-order valence-corrected chi connectivity index (χ1v) is 7.30. The first-order valence-electron chi connectivity index (χ1n) is 5.67. The number of benzene rings is 1. The summed E-state index contributed by atoms with van der Waals surface area (Å²) in [7, 11) is 0. The molecule has 0 radical (unpaired) electrons. The highest BCUT2D eigenvalue weighted by atomic mass is 32.2. The van der Waals surface area contributed by atoms with Gasteiger partial charge in [0.15, 0.2) is 4.77 Å². The number of H-pyrrole nitrogens is 1. The predicted octanol–water partition coefficient (Wildman–Crippen LogP) is 4.15. The molecule has 0 aliphatic rings. The number of hydrogen-bond donors (Lipinski definition) is 1. The molecule has 0 amide bonds. The van der Waals surface area contributed by atoms with Crippen LogP contribution in [-0.4, -0.2) is 20.6 Å². The third kappa shape index (κ3) is 2.58. The van der Waals surface area contributed by atoms with Crippen molar-refractivity contribution in [2.24, 2.45) is 0 Å². The van der Waals surface area contributed by atoms with Crippen LogP contribution in [-0.2, 0) is 6.54 Å². The maximum atomic E-state index is 5.41. The van der Waals surface area contributed by atoms with Gasteiger partial charge in [-0.1, -0.05) is 6.07 Å². The van der Waals surface area contributed by atoms with E-state index in [0.29, 0.717) is 0 Å². The SMILES string of the molecule is CSC(C)(C)Cn1c(=S)[nH]c2ccc(C)cc21. The third-order valence-corrected chi connectivity index (χ3v) is 4.58. The fraction of sp³-hybridized carbons (Fsp3) is 0.462. The molecule has 1 aromatic carbocycles. The highest BCUT2D eigenvalue weighted by molar-refractivity contribution is 7.99. The van der Waals surface area contributed by atoms with Gasteiger partial charge in [0, 0.05) is 11.3 Å². The fourth-order valence-electron chi connectivity index (χ4n) is 1.87. The molecule has 0 aliphatic heterocycles. The molecule has 0 aliphatic carbocycles. The first kappa shape index (κ1) is 12.7. The molecule has 0 atom stereocenters. The van der Waals surface area contributed by atoms with E-state index >= 15 is 0 Å². The second-order valence-electron chi connectivity index (χ2n) is 5.00. The van der Waals surface area contributed by atoms with Crippen molar-refractivity contribution in [3.05, 3.63) is 28.5 Å². The molecule has 92 valence electrons. The van der Waals surface area contributed by atoms with Crippen LogP contribution in [0.1, 0.15) is 19.4 Å². The van der Waals surface area contributed by atoms with Crippen molar-refractivity contribution in [3.8, 4) is 0 Å². The second-order valence-corrected chi connectivity index (χ2v) is 6.90. The molecule has 2 nitrogen and oxygen atoms in total. The van der Waals surface area contributed by atoms with E-state index in [9.17, 15) is 0 Å². The zero-order chi connectivity index (χ0) is 12.6. The van der Waals surface area contributed by atoms with Gasteiger partial charge >= 0.3 is 0 Å². The number of aryl methyl sites for hydroxylation is 1. The number of imidazole rings is 1. The highest BCUT2D eigenvalue weighted by Crippen LogP contribution is 2.26. The molecule has 17 heavy (non-hydrogen) atoms. The Balaban J connectivity index is 2.56. The molecule has 1 N–H and O–H groups in total. The van der Waals surface area contributed by atoms with Crippen LogP contribution in [0, 0.1) is 11.7 Å². The van der Waals surface area contributed by atoms with Crippen molar-refractivity contribution < 1.29 is 0 Å². The standard InChI is InChI=1S/C13H18N2S2/c1-9-5-6-10-11(7-9)15(12(16)14-10)8-13(2,3)17-4/h5-7H,8H2,1-4H3,(H,14,16). The summed E-state index contributed by atoms with van der Waals surface area (Å²) in [5.74, 6) is 0. The van der Waals surface area contributed by atoms with Gasteiger partial charge in [-0.15, -0.1) is 0 Å². The van der Waals surface area contributed by atoms with Crippen LogP contribution in [0.2, 0.25) is 0 Å². The maximum absolute atomic E-state index is 5.41. The number of hydrogen-bond acceptors (Lipinski definition) is 2.